The van der Waals surface area contributed by atoms with Gasteiger partial charge in [-0.05, 0) is 31.5 Å². The highest BCUT2D eigenvalue weighted by atomic mass is 16.5. The lowest BCUT2D eigenvalue weighted by molar-refractivity contribution is -0.137. The fourth-order valence-corrected chi connectivity index (χ4v) is 1.83. The summed E-state index contributed by atoms with van der Waals surface area (Å²) in [5.41, 5.74) is 1.31. The van der Waals surface area contributed by atoms with Crippen LogP contribution in [-0.2, 0) is 14.3 Å². The number of carbonyl (C=O) groups is 3. The molecular weight excluding hydrogens is 298 g/mol. The highest BCUT2D eigenvalue weighted by Crippen LogP contribution is 2.23. The largest absolute Gasteiger partial charge is 0.463 e. The van der Waals surface area contributed by atoms with E-state index in [-0.39, 0.29) is 17.9 Å². The third kappa shape index (κ3) is 4.97. The zero-order valence-corrected chi connectivity index (χ0v) is 13.1. The van der Waals surface area contributed by atoms with Gasteiger partial charge in [-0.25, -0.2) is 4.79 Å². The van der Waals surface area contributed by atoms with Gasteiger partial charge in [-0.1, -0.05) is 0 Å². The maximum Gasteiger partial charge on any atom is 0.330 e. The summed E-state index contributed by atoms with van der Waals surface area (Å²) in [6.45, 7) is 3.53. The molecular formula is C16H17N3O4. The number of amides is 2. The molecule has 1 aromatic carbocycles. The normalized spacial score (nSPS) is 10.0. The molecule has 0 aliphatic rings. The first kappa shape index (κ1) is 17.9. The van der Waals surface area contributed by atoms with Crippen LogP contribution in [0.2, 0.25) is 0 Å². The van der Waals surface area contributed by atoms with Crippen molar-refractivity contribution < 1.29 is 19.1 Å². The zero-order valence-electron chi connectivity index (χ0n) is 13.1. The number of benzene rings is 1. The van der Waals surface area contributed by atoms with Crippen LogP contribution in [0.25, 0.3) is 0 Å². The molecule has 1 aromatic rings. The van der Waals surface area contributed by atoms with E-state index in [1.165, 1.54) is 13.1 Å². The average molecular weight is 315 g/mol. The Morgan fingerprint density at radius 3 is 2.57 bits per heavy atom. The van der Waals surface area contributed by atoms with Gasteiger partial charge in [0.15, 0.2) is 0 Å². The number of nitrogens with one attached hydrogen (secondary N) is 2. The predicted octanol–water partition coefficient (Wildman–Crippen LogP) is 1.28. The van der Waals surface area contributed by atoms with Crippen molar-refractivity contribution in [3.63, 3.8) is 0 Å². The van der Waals surface area contributed by atoms with Crippen LogP contribution in [0.1, 0.15) is 28.4 Å². The van der Waals surface area contributed by atoms with Crippen LogP contribution < -0.4 is 10.6 Å². The first-order valence-electron chi connectivity index (χ1n) is 6.85. The van der Waals surface area contributed by atoms with Crippen LogP contribution in [0.5, 0.6) is 0 Å². The number of nitrogens with zero attached hydrogens (tertiary/aromatic N) is 1. The molecule has 7 nitrogen and oxygen atoms in total. The van der Waals surface area contributed by atoms with Gasteiger partial charge in [0.2, 0.25) is 5.91 Å². The fourth-order valence-electron chi connectivity index (χ4n) is 1.83. The molecule has 1 rings (SSSR count). The Hall–Kier alpha value is -3.14. The van der Waals surface area contributed by atoms with Crippen LogP contribution in [0.3, 0.4) is 0 Å². The lowest BCUT2D eigenvalue weighted by Gasteiger charge is -2.12. The van der Waals surface area contributed by atoms with Gasteiger partial charge in [0.25, 0.3) is 5.91 Å². The molecule has 0 aliphatic heterocycles. The van der Waals surface area contributed by atoms with Gasteiger partial charge in [0, 0.05) is 19.2 Å². The van der Waals surface area contributed by atoms with Crippen molar-refractivity contribution in [1.82, 2.24) is 5.32 Å². The van der Waals surface area contributed by atoms with E-state index in [9.17, 15) is 14.4 Å². The van der Waals surface area contributed by atoms with Crippen molar-refractivity contribution in [3.8, 4) is 6.07 Å². The van der Waals surface area contributed by atoms with E-state index in [1.807, 2.05) is 6.07 Å². The number of hydrogen-bond donors (Lipinski definition) is 2. The molecule has 2 N–H and O–H groups in total. The maximum absolute atomic E-state index is 11.9. The molecule has 0 heterocycles. The molecule has 0 unspecified atom stereocenters. The maximum atomic E-state index is 11.9. The molecule has 0 atom stereocenters. The third-order valence-electron chi connectivity index (χ3n) is 2.84. The van der Waals surface area contributed by atoms with E-state index in [1.54, 1.807) is 19.9 Å². The highest BCUT2D eigenvalue weighted by Gasteiger charge is 2.15. The summed E-state index contributed by atoms with van der Waals surface area (Å²) in [5.74, 6) is -1.66. The lowest BCUT2D eigenvalue weighted by Crippen LogP contribution is -2.22. The monoisotopic (exact) mass is 315 g/mol. The fraction of sp³-hybridized carbons (Fsp3) is 0.250. The van der Waals surface area contributed by atoms with E-state index >= 15 is 0 Å². The molecule has 23 heavy (non-hydrogen) atoms. The van der Waals surface area contributed by atoms with Crippen LogP contribution in [0.4, 0.5) is 5.69 Å². The topological polar surface area (TPSA) is 108 Å². The molecule has 0 aromatic heterocycles. The van der Waals surface area contributed by atoms with Crippen molar-refractivity contribution in [3.05, 3.63) is 41.0 Å². The molecule has 0 fully saturated rings. The first-order chi connectivity index (χ1) is 10.9. The Labute approximate surface area is 133 Å². The minimum atomic E-state index is -0.634. The van der Waals surface area contributed by atoms with E-state index in [0.717, 1.165) is 12.2 Å². The summed E-state index contributed by atoms with van der Waals surface area (Å²) in [6, 6.07) is 4.89. The summed E-state index contributed by atoms with van der Waals surface area (Å²) < 4.78 is 4.67. The van der Waals surface area contributed by atoms with Crippen molar-refractivity contribution in [2.24, 2.45) is 0 Å². The van der Waals surface area contributed by atoms with Crippen molar-refractivity contribution in [2.75, 3.05) is 19.0 Å². The van der Waals surface area contributed by atoms with E-state index in [2.05, 4.69) is 15.4 Å². The number of hydrogen-bond acceptors (Lipinski definition) is 5. The number of esters is 1. The van der Waals surface area contributed by atoms with Gasteiger partial charge in [-0.15, -0.1) is 0 Å². The molecule has 0 saturated heterocycles. The number of rotatable bonds is 5. The Bertz CT molecular complexity index is 702. The summed E-state index contributed by atoms with van der Waals surface area (Å²) in [6.07, 6.45) is 2.01. The third-order valence-corrected chi connectivity index (χ3v) is 2.84. The molecule has 2 amide bonds. The summed E-state index contributed by atoms with van der Waals surface area (Å²) in [7, 11) is 1.45. The Kier molecular flexibility index (Phi) is 6.49. The first-order valence-corrected chi connectivity index (χ1v) is 6.85. The second-order valence-corrected chi connectivity index (χ2v) is 4.48. The highest BCUT2D eigenvalue weighted by molar-refractivity contribution is 6.08. The Morgan fingerprint density at radius 2 is 2.00 bits per heavy atom. The number of aryl methyl sites for hydroxylation is 1. The number of anilines is 1. The molecule has 0 saturated carbocycles. The summed E-state index contributed by atoms with van der Waals surface area (Å²) in [5, 5.41) is 14.0. The lowest BCUT2D eigenvalue weighted by atomic mass is 10.0. The molecule has 0 spiro atoms. The minimum Gasteiger partial charge on any atom is -0.463 e. The van der Waals surface area contributed by atoms with Gasteiger partial charge < -0.3 is 15.4 Å². The molecule has 0 radical (unpaired) electrons. The predicted molar refractivity (Wildman–Crippen MR) is 83.7 cm³/mol. The van der Waals surface area contributed by atoms with Crippen molar-refractivity contribution in [1.29, 1.82) is 5.26 Å². The van der Waals surface area contributed by atoms with Gasteiger partial charge in [0.1, 0.15) is 0 Å². The van der Waals surface area contributed by atoms with Gasteiger partial charge in [-0.3, -0.25) is 9.59 Å². The van der Waals surface area contributed by atoms with E-state index < -0.39 is 17.8 Å². The van der Waals surface area contributed by atoms with Crippen LogP contribution in [0.15, 0.2) is 24.3 Å². The zero-order chi connectivity index (χ0) is 17.4. The smallest absolute Gasteiger partial charge is 0.330 e. The molecule has 120 valence electrons. The van der Waals surface area contributed by atoms with Gasteiger partial charge in [-0.2, -0.15) is 5.26 Å². The Morgan fingerprint density at radius 1 is 1.30 bits per heavy atom. The molecule has 7 heteroatoms. The van der Waals surface area contributed by atoms with Crippen molar-refractivity contribution >= 4 is 23.5 Å². The summed E-state index contributed by atoms with van der Waals surface area (Å²) in [4.78, 5) is 35.0. The second kappa shape index (κ2) is 8.34. The molecule has 0 aliphatic carbocycles. The van der Waals surface area contributed by atoms with Crippen LogP contribution >= 0.6 is 0 Å². The van der Waals surface area contributed by atoms with E-state index in [0.29, 0.717) is 11.1 Å². The minimum absolute atomic E-state index is 0.168. The van der Waals surface area contributed by atoms with Crippen molar-refractivity contribution in [2.45, 2.75) is 13.8 Å². The summed E-state index contributed by atoms with van der Waals surface area (Å²) >= 11 is 0. The molecule has 0 bridgehead atoms. The van der Waals surface area contributed by atoms with Crippen LogP contribution in [0, 0.1) is 18.3 Å². The number of ether oxygens (including phenoxy) is 1. The Balaban J connectivity index is 3.08. The number of nitriles is 1. The van der Waals surface area contributed by atoms with Gasteiger partial charge in [0.05, 0.1) is 29.5 Å². The second-order valence-electron chi connectivity index (χ2n) is 4.48. The van der Waals surface area contributed by atoms with Gasteiger partial charge >= 0.3 is 5.97 Å². The number of carbonyl (C=O) groups excluding carboxylic acids is 3. The standard InChI is InChI=1S/C16H17N3O4/c1-4-23-14(21)6-5-13(20)19-15-10(2)7-11(9-17)8-12(15)16(22)18-3/h5-8H,4H2,1-3H3,(H,18,22)(H,19,20)/b6-5+. The van der Waals surface area contributed by atoms with Crippen LogP contribution in [-0.4, -0.2) is 31.4 Å². The average Bonchev–Trinajstić information content (AvgIpc) is 2.54. The van der Waals surface area contributed by atoms with E-state index in [4.69, 9.17) is 5.26 Å². The quantitative estimate of drug-likeness (QED) is 0.628. The SMILES string of the molecule is CCOC(=O)/C=C/C(=O)Nc1c(C)cc(C#N)cc1C(=O)NC.